The third-order valence-electron chi connectivity index (χ3n) is 4.15. The summed E-state index contributed by atoms with van der Waals surface area (Å²) in [5, 5.41) is 3.04. The topological polar surface area (TPSA) is 46.2 Å². The van der Waals surface area contributed by atoms with Crippen LogP contribution in [-0.2, 0) is 9.84 Å². The van der Waals surface area contributed by atoms with E-state index in [2.05, 4.69) is 17.4 Å². The summed E-state index contributed by atoms with van der Waals surface area (Å²) >= 11 is 0. The van der Waals surface area contributed by atoms with Crippen LogP contribution in [0.1, 0.15) is 31.7 Å². The van der Waals surface area contributed by atoms with Crippen molar-refractivity contribution in [3.8, 4) is 0 Å². The first-order valence-corrected chi connectivity index (χ1v) is 8.87. The lowest BCUT2D eigenvalue weighted by atomic mass is 10.0. The van der Waals surface area contributed by atoms with Gasteiger partial charge in [-0.2, -0.15) is 0 Å². The van der Waals surface area contributed by atoms with Crippen LogP contribution in [0.4, 0.5) is 0 Å². The number of hydrogen-bond acceptors (Lipinski definition) is 3. The third-order valence-corrected chi connectivity index (χ3v) is 5.79. The molecule has 4 atom stereocenters. The Kier molecular flexibility index (Phi) is 4.31. The molecule has 0 bridgehead atoms. The number of benzene rings is 1. The fourth-order valence-corrected chi connectivity index (χ4v) is 3.69. The summed E-state index contributed by atoms with van der Waals surface area (Å²) in [5.41, 5.74) is 1.33. The zero-order valence-electron chi connectivity index (χ0n) is 11.8. The highest BCUT2D eigenvalue weighted by molar-refractivity contribution is 7.91. The molecule has 106 valence electrons. The molecule has 0 aromatic heterocycles. The zero-order valence-corrected chi connectivity index (χ0v) is 12.7. The molecule has 0 spiro atoms. The second-order valence-electron chi connectivity index (χ2n) is 5.53. The predicted molar refractivity (Wildman–Crippen MR) is 79.1 cm³/mol. The SMILES string of the molecule is CCNC(C1CC1c1ccccc1)C(C)S(C)(=O)=O. The fourth-order valence-electron chi connectivity index (χ4n) is 2.86. The lowest BCUT2D eigenvalue weighted by molar-refractivity contribution is 0.447. The third kappa shape index (κ3) is 3.37. The maximum Gasteiger partial charge on any atom is 0.151 e. The van der Waals surface area contributed by atoms with Gasteiger partial charge in [-0.05, 0) is 37.3 Å². The quantitative estimate of drug-likeness (QED) is 0.869. The van der Waals surface area contributed by atoms with Gasteiger partial charge in [-0.3, -0.25) is 0 Å². The van der Waals surface area contributed by atoms with Crippen molar-refractivity contribution in [2.75, 3.05) is 12.8 Å². The van der Waals surface area contributed by atoms with Gasteiger partial charge in [0.2, 0.25) is 0 Å². The first-order valence-electron chi connectivity index (χ1n) is 6.92. The van der Waals surface area contributed by atoms with Crippen LogP contribution >= 0.6 is 0 Å². The van der Waals surface area contributed by atoms with Crippen molar-refractivity contribution < 1.29 is 8.42 Å². The summed E-state index contributed by atoms with van der Waals surface area (Å²) in [5.74, 6) is 0.946. The van der Waals surface area contributed by atoms with Gasteiger partial charge in [0.15, 0.2) is 9.84 Å². The van der Waals surface area contributed by atoms with Gasteiger partial charge in [0, 0.05) is 12.3 Å². The summed E-state index contributed by atoms with van der Waals surface area (Å²) in [6.45, 7) is 4.66. The zero-order chi connectivity index (χ0) is 14.0. The van der Waals surface area contributed by atoms with Gasteiger partial charge in [-0.25, -0.2) is 8.42 Å². The van der Waals surface area contributed by atoms with E-state index < -0.39 is 9.84 Å². The first kappa shape index (κ1) is 14.5. The van der Waals surface area contributed by atoms with Crippen LogP contribution in [0.3, 0.4) is 0 Å². The summed E-state index contributed by atoms with van der Waals surface area (Å²) in [4.78, 5) is 0. The van der Waals surface area contributed by atoms with E-state index in [4.69, 9.17) is 0 Å². The van der Waals surface area contributed by atoms with Crippen LogP contribution < -0.4 is 5.32 Å². The van der Waals surface area contributed by atoms with Crippen LogP contribution in [0.15, 0.2) is 30.3 Å². The van der Waals surface area contributed by atoms with Crippen molar-refractivity contribution in [3.63, 3.8) is 0 Å². The highest BCUT2D eigenvalue weighted by Gasteiger charge is 2.47. The molecular formula is C15H23NO2S. The van der Waals surface area contributed by atoms with E-state index in [1.807, 2.05) is 32.0 Å². The van der Waals surface area contributed by atoms with E-state index in [9.17, 15) is 8.42 Å². The Hall–Kier alpha value is -0.870. The maximum absolute atomic E-state index is 11.8. The standard InChI is InChI=1S/C15H23NO2S/c1-4-16-15(11(2)19(3,17)18)14-10-13(14)12-8-6-5-7-9-12/h5-9,11,13-16H,4,10H2,1-3H3. The van der Waals surface area contributed by atoms with Gasteiger partial charge in [0.05, 0.1) is 5.25 Å². The summed E-state index contributed by atoms with van der Waals surface area (Å²) in [6.07, 6.45) is 2.42. The largest absolute Gasteiger partial charge is 0.313 e. The minimum atomic E-state index is -3.00. The van der Waals surface area contributed by atoms with Gasteiger partial charge < -0.3 is 5.32 Å². The Morgan fingerprint density at radius 1 is 1.32 bits per heavy atom. The molecule has 0 amide bonds. The van der Waals surface area contributed by atoms with Crippen molar-refractivity contribution in [1.29, 1.82) is 0 Å². The molecule has 19 heavy (non-hydrogen) atoms. The van der Waals surface area contributed by atoms with Crippen molar-refractivity contribution in [2.45, 2.75) is 37.5 Å². The molecule has 1 aromatic rings. The molecule has 4 unspecified atom stereocenters. The monoisotopic (exact) mass is 281 g/mol. The Labute approximate surface area is 116 Å². The van der Waals surface area contributed by atoms with Crippen LogP contribution in [0.2, 0.25) is 0 Å². The van der Waals surface area contributed by atoms with E-state index in [-0.39, 0.29) is 11.3 Å². The van der Waals surface area contributed by atoms with Crippen molar-refractivity contribution in [1.82, 2.24) is 5.32 Å². The molecule has 0 heterocycles. The Morgan fingerprint density at radius 2 is 1.95 bits per heavy atom. The Morgan fingerprint density at radius 3 is 2.47 bits per heavy atom. The molecule has 1 saturated carbocycles. The lowest BCUT2D eigenvalue weighted by Crippen LogP contribution is -2.44. The molecule has 1 N–H and O–H groups in total. The Balaban J connectivity index is 2.11. The van der Waals surface area contributed by atoms with Crippen LogP contribution in [-0.4, -0.2) is 32.5 Å². The van der Waals surface area contributed by atoms with Gasteiger partial charge >= 0.3 is 0 Å². The summed E-state index contributed by atoms with van der Waals surface area (Å²) < 4.78 is 23.6. The lowest BCUT2D eigenvalue weighted by Gasteiger charge is -2.24. The highest BCUT2D eigenvalue weighted by atomic mass is 32.2. The van der Waals surface area contributed by atoms with E-state index in [1.165, 1.54) is 11.8 Å². The molecule has 1 aromatic carbocycles. The molecule has 0 saturated heterocycles. The van der Waals surface area contributed by atoms with Gasteiger partial charge in [-0.15, -0.1) is 0 Å². The van der Waals surface area contributed by atoms with E-state index in [1.54, 1.807) is 0 Å². The van der Waals surface area contributed by atoms with E-state index >= 15 is 0 Å². The summed E-state index contributed by atoms with van der Waals surface area (Å²) in [6, 6.07) is 10.4. The molecule has 0 radical (unpaired) electrons. The molecule has 0 aliphatic heterocycles. The second-order valence-corrected chi connectivity index (χ2v) is 7.94. The minimum absolute atomic E-state index is 0.0604. The molecule has 1 aliphatic carbocycles. The van der Waals surface area contributed by atoms with Crippen LogP contribution in [0, 0.1) is 5.92 Å². The predicted octanol–water partition coefficient (Wildman–Crippen LogP) is 2.20. The summed E-state index contributed by atoms with van der Waals surface area (Å²) in [7, 11) is -3.00. The van der Waals surface area contributed by atoms with Crippen LogP contribution in [0.25, 0.3) is 0 Å². The van der Waals surface area contributed by atoms with Crippen LogP contribution in [0.5, 0.6) is 0 Å². The smallest absolute Gasteiger partial charge is 0.151 e. The molecule has 3 nitrogen and oxygen atoms in total. The molecule has 2 rings (SSSR count). The van der Waals surface area contributed by atoms with Crippen molar-refractivity contribution in [3.05, 3.63) is 35.9 Å². The molecule has 4 heteroatoms. The van der Waals surface area contributed by atoms with Gasteiger partial charge in [0.1, 0.15) is 0 Å². The van der Waals surface area contributed by atoms with E-state index in [0.29, 0.717) is 11.8 Å². The molecule has 1 fully saturated rings. The normalized spacial score (nSPS) is 25.8. The Bertz CT molecular complexity index is 512. The van der Waals surface area contributed by atoms with Crippen molar-refractivity contribution in [2.24, 2.45) is 5.92 Å². The highest BCUT2D eigenvalue weighted by Crippen LogP contribution is 2.50. The number of nitrogens with one attached hydrogen (secondary N) is 1. The average Bonchev–Trinajstić information content (AvgIpc) is 3.15. The van der Waals surface area contributed by atoms with Gasteiger partial charge in [-0.1, -0.05) is 37.3 Å². The minimum Gasteiger partial charge on any atom is -0.313 e. The number of sulfone groups is 1. The second kappa shape index (κ2) is 5.63. The van der Waals surface area contributed by atoms with Crippen molar-refractivity contribution >= 4 is 9.84 Å². The van der Waals surface area contributed by atoms with E-state index in [0.717, 1.165) is 13.0 Å². The van der Waals surface area contributed by atoms with Gasteiger partial charge in [0.25, 0.3) is 0 Å². The fraction of sp³-hybridized carbons (Fsp3) is 0.600. The first-order chi connectivity index (χ1) is 8.95. The number of rotatable bonds is 6. The number of hydrogen-bond donors (Lipinski definition) is 1. The molecular weight excluding hydrogens is 258 g/mol. The maximum atomic E-state index is 11.8. The average molecular weight is 281 g/mol. The molecule has 1 aliphatic rings.